The number of nitrogens with zero attached hydrogens (tertiary/aromatic N) is 5. The van der Waals surface area contributed by atoms with Crippen molar-refractivity contribution >= 4 is 11.6 Å². The Kier molecular flexibility index (Phi) is 3.19. The van der Waals surface area contributed by atoms with Crippen LogP contribution in [0.25, 0.3) is 0 Å². The normalized spacial score (nSPS) is 12.9. The lowest BCUT2D eigenvalue weighted by molar-refractivity contribution is 0.430. The van der Waals surface area contributed by atoms with Gasteiger partial charge in [-0.3, -0.25) is 0 Å². The van der Waals surface area contributed by atoms with Crippen molar-refractivity contribution in [1.82, 2.24) is 25.2 Å². The second kappa shape index (κ2) is 4.61. The Morgan fingerprint density at radius 1 is 1.38 bits per heavy atom. The summed E-state index contributed by atoms with van der Waals surface area (Å²) in [6.07, 6.45) is 2.50. The van der Waals surface area contributed by atoms with E-state index in [0.29, 0.717) is 18.3 Å². The van der Waals surface area contributed by atoms with Crippen molar-refractivity contribution in [3.05, 3.63) is 23.7 Å². The monoisotopic (exact) mass is 241 g/mol. The minimum absolute atomic E-state index is 0.150. The van der Waals surface area contributed by atoms with Crippen molar-refractivity contribution in [2.75, 3.05) is 0 Å². The molecule has 2 aromatic rings. The van der Waals surface area contributed by atoms with Gasteiger partial charge in [-0.15, -0.1) is 26.9 Å². The number of hydrogen-bond acceptors (Lipinski definition) is 5. The third kappa shape index (κ3) is 2.38. The van der Waals surface area contributed by atoms with Gasteiger partial charge in [0.2, 0.25) is 11.8 Å². The van der Waals surface area contributed by atoms with Gasteiger partial charge in [0.15, 0.2) is 0 Å². The Morgan fingerprint density at radius 2 is 2.12 bits per heavy atom. The van der Waals surface area contributed by atoms with Crippen LogP contribution in [0, 0.1) is 0 Å². The smallest absolute Gasteiger partial charge is 0.237 e. The summed E-state index contributed by atoms with van der Waals surface area (Å²) in [5.41, 5.74) is 0.733. The molecule has 0 aliphatic carbocycles. The molecule has 2 rings (SSSR count). The SMILES string of the molecule is CCc1nnc(Cn2cc(C(C)Cl)nn2)o1. The van der Waals surface area contributed by atoms with E-state index in [4.69, 9.17) is 16.0 Å². The molecule has 0 bridgehead atoms. The van der Waals surface area contributed by atoms with E-state index in [-0.39, 0.29) is 5.38 Å². The van der Waals surface area contributed by atoms with Crippen LogP contribution in [0.2, 0.25) is 0 Å². The molecule has 2 heterocycles. The van der Waals surface area contributed by atoms with E-state index in [1.54, 1.807) is 10.9 Å². The number of halogens is 1. The van der Waals surface area contributed by atoms with Gasteiger partial charge in [-0.25, -0.2) is 4.68 Å². The highest BCUT2D eigenvalue weighted by Crippen LogP contribution is 2.15. The molecule has 0 fully saturated rings. The molecule has 0 aromatic carbocycles. The maximum Gasteiger partial charge on any atom is 0.237 e. The van der Waals surface area contributed by atoms with Crippen LogP contribution < -0.4 is 0 Å². The molecule has 6 nitrogen and oxygen atoms in total. The summed E-state index contributed by atoms with van der Waals surface area (Å²) < 4.78 is 6.99. The Morgan fingerprint density at radius 3 is 2.69 bits per heavy atom. The van der Waals surface area contributed by atoms with Gasteiger partial charge in [0.05, 0.1) is 11.6 Å². The summed E-state index contributed by atoms with van der Waals surface area (Å²) in [6.45, 7) is 4.22. The molecule has 0 amide bonds. The van der Waals surface area contributed by atoms with Gasteiger partial charge in [-0.1, -0.05) is 12.1 Å². The fourth-order valence-corrected chi connectivity index (χ4v) is 1.31. The number of aromatic nitrogens is 5. The van der Waals surface area contributed by atoms with Crippen LogP contribution in [-0.4, -0.2) is 25.2 Å². The van der Waals surface area contributed by atoms with E-state index in [9.17, 15) is 0 Å². The number of aryl methyl sites for hydroxylation is 1. The van der Waals surface area contributed by atoms with Crippen molar-refractivity contribution in [3.8, 4) is 0 Å². The maximum absolute atomic E-state index is 5.88. The predicted octanol–water partition coefficient (Wildman–Crippen LogP) is 1.57. The lowest BCUT2D eigenvalue weighted by atomic mass is 10.4. The molecular weight excluding hydrogens is 230 g/mol. The quantitative estimate of drug-likeness (QED) is 0.760. The lowest BCUT2D eigenvalue weighted by Crippen LogP contribution is -2.00. The summed E-state index contributed by atoms with van der Waals surface area (Å²) in [7, 11) is 0. The average molecular weight is 242 g/mol. The van der Waals surface area contributed by atoms with E-state index in [2.05, 4.69) is 20.5 Å². The van der Waals surface area contributed by atoms with Gasteiger partial charge in [-0.05, 0) is 6.92 Å². The third-order valence-electron chi connectivity index (χ3n) is 2.07. The van der Waals surface area contributed by atoms with E-state index < -0.39 is 0 Å². The molecular formula is C9H12ClN5O. The van der Waals surface area contributed by atoms with Crippen LogP contribution in [0.15, 0.2) is 10.6 Å². The number of alkyl halides is 1. The molecule has 0 spiro atoms. The zero-order chi connectivity index (χ0) is 11.5. The standard InChI is InChI=1S/C9H12ClN5O/c1-3-8-12-13-9(16-8)5-15-4-7(6(2)10)11-14-15/h4,6H,3,5H2,1-2H3. The van der Waals surface area contributed by atoms with Gasteiger partial charge in [0.25, 0.3) is 0 Å². The molecule has 7 heteroatoms. The summed E-state index contributed by atoms with van der Waals surface area (Å²) in [5.74, 6) is 1.15. The second-order valence-corrected chi connectivity index (χ2v) is 4.05. The first-order valence-electron chi connectivity index (χ1n) is 5.04. The molecule has 1 unspecified atom stereocenters. The summed E-state index contributed by atoms with van der Waals surface area (Å²) in [5, 5.41) is 15.5. The predicted molar refractivity (Wildman–Crippen MR) is 57.1 cm³/mol. The molecule has 0 saturated heterocycles. The highest BCUT2D eigenvalue weighted by atomic mass is 35.5. The van der Waals surface area contributed by atoms with Crippen LogP contribution in [0.4, 0.5) is 0 Å². The highest BCUT2D eigenvalue weighted by molar-refractivity contribution is 6.20. The van der Waals surface area contributed by atoms with Crippen LogP contribution in [0.3, 0.4) is 0 Å². The lowest BCUT2D eigenvalue weighted by Gasteiger charge is -1.94. The third-order valence-corrected chi connectivity index (χ3v) is 2.30. The molecule has 2 aromatic heterocycles. The van der Waals surface area contributed by atoms with E-state index >= 15 is 0 Å². The first-order chi connectivity index (χ1) is 7.69. The van der Waals surface area contributed by atoms with Crippen molar-refractivity contribution in [1.29, 1.82) is 0 Å². The molecule has 0 N–H and O–H groups in total. The summed E-state index contributed by atoms with van der Waals surface area (Å²) in [4.78, 5) is 0. The average Bonchev–Trinajstić information content (AvgIpc) is 2.87. The van der Waals surface area contributed by atoms with Crippen LogP contribution >= 0.6 is 11.6 Å². The minimum Gasteiger partial charge on any atom is -0.423 e. The first kappa shape index (κ1) is 11.1. The maximum atomic E-state index is 5.88. The van der Waals surface area contributed by atoms with Crippen molar-refractivity contribution in [2.24, 2.45) is 0 Å². The van der Waals surface area contributed by atoms with Gasteiger partial charge >= 0.3 is 0 Å². The van der Waals surface area contributed by atoms with Crippen molar-refractivity contribution < 1.29 is 4.42 Å². The Balaban J connectivity index is 2.08. The Bertz CT molecular complexity index is 464. The molecule has 16 heavy (non-hydrogen) atoms. The van der Waals surface area contributed by atoms with Crippen LogP contribution in [0.5, 0.6) is 0 Å². The second-order valence-electron chi connectivity index (χ2n) is 3.40. The molecule has 0 radical (unpaired) electrons. The summed E-state index contributed by atoms with van der Waals surface area (Å²) >= 11 is 5.88. The van der Waals surface area contributed by atoms with Crippen LogP contribution in [-0.2, 0) is 13.0 Å². The highest BCUT2D eigenvalue weighted by Gasteiger charge is 2.09. The molecule has 0 aliphatic heterocycles. The summed E-state index contributed by atoms with van der Waals surface area (Å²) in [6, 6.07) is 0. The van der Waals surface area contributed by atoms with Crippen LogP contribution in [0.1, 0.15) is 36.7 Å². The molecule has 86 valence electrons. The molecule has 0 aliphatic rings. The fourth-order valence-electron chi connectivity index (χ4n) is 1.21. The van der Waals surface area contributed by atoms with E-state index in [1.807, 2.05) is 13.8 Å². The zero-order valence-electron chi connectivity index (χ0n) is 9.09. The van der Waals surface area contributed by atoms with Gasteiger partial charge in [0, 0.05) is 6.42 Å². The van der Waals surface area contributed by atoms with Gasteiger partial charge in [-0.2, -0.15) is 0 Å². The number of hydrogen-bond donors (Lipinski definition) is 0. The van der Waals surface area contributed by atoms with Gasteiger partial charge in [0.1, 0.15) is 12.2 Å². The fraction of sp³-hybridized carbons (Fsp3) is 0.556. The number of rotatable bonds is 4. The van der Waals surface area contributed by atoms with Crippen molar-refractivity contribution in [2.45, 2.75) is 32.2 Å². The Hall–Kier alpha value is -1.43. The first-order valence-corrected chi connectivity index (χ1v) is 5.48. The van der Waals surface area contributed by atoms with Crippen molar-refractivity contribution in [3.63, 3.8) is 0 Å². The largest absolute Gasteiger partial charge is 0.423 e. The molecule has 0 saturated carbocycles. The zero-order valence-corrected chi connectivity index (χ0v) is 9.85. The topological polar surface area (TPSA) is 69.6 Å². The van der Waals surface area contributed by atoms with E-state index in [1.165, 1.54) is 0 Å². The van der Waals surface area contributed by atoms with E-state index in [0.717, 1.165) is 12.1 Å². The minimum atomic E-state index is -0.150. The Labute approximate surface area is 97.6 Å². The molecule has 1 atom stereocenters. The van der Waals surface area contributed by atoms with Gasteiger partial charge < -0.3 is 4.42 Å².